The highest BCUT2D eigenvalue weighted by molar-refractivity contribution is 5.99. The zero-order valence-corrected chi connectivity index (χ0v) is 23.7. The Bertz CT molecular complexity index is 2060. The lowest BCUT2D eigenvalue weighted by Crippen LogP contribution is -2.19. The van der Waals surface area contributed by atoms with Crippen LogP contribution in [0.1, 0.15) is 23.0 Å². The van der Waals surface area contributed by atoms with E-state index in [1.165, 1.54) is 48.7 Å². The van der Waals surface area contributed by atoms with Crippen molar-refractivity contribution in [1.82, 2.24) is 30.7 Å². The maximum atomic E-state index is 13.2. The van der Waals surface area contributed by atoms with Crippen molar-refractivity contribution in [3.63, 3.8) is 0 Å². The quantitative estimate of drug-likeness (QED) is 0.111. The lowest BCUT2D eigenvalue weighted by atomic mass is 10.1. The Morgan fingerprint density at radius 3 is 2.40 bits per heavy atom. The van der Waals surface area contributed by atoms with Gasteiger partial charge < -0.3 is 15.2 Å². The van der Waals surface area contributed by atoms with Crippen LogP contribution >= 0.6 is 0 Å². The molecule has 3 aromatic carbocycles. The molecular formula is C26H19N11O10. The molecule has 0 atom stereocenters. The molecular weight excluding hydrogens is 626 g/mol. The van der Waals surface area contributed by atoms with Crippen LogP contribution in [0.15, 0.2) is 70.4 Å². The number of non-ortho nitro benzene ring substituents is 2. The van der Waals surface area contributed by atoms with Crippen LogP contribution in [-0.2, 0) is 0 Å². The molecule has 5 aromatic rings. The molecule has 0 saturated carbocycles. The van der Waals surface area contributed by atoms with E-state index in [-0.39, 0.29) is 58.1 Å². The summed E-state index contributed by atoms with van der Waals surface area (Å²) in [5, 5.41) is 52.8. The van der Waals surface area contributed by atoms with Crippen LogP contribution in [0.2, 0.25) is 0 Å². The van der Waals surface area contributed by atoms with Crippen molar-refractivity contribution in [2.75, 3.05) is 12.3 Å². The predicted molar refractivity (Wildman–Crippen MR) is 158 cm³/mol. The van der Waals surface area contributed by atoms with Crippen molar-refractivity contribution >= 4 is 35.0 Å². The summed E-state index contributed by atoms with van der Waals surface area (Å²) < 4.78 is 16.9. The van der Waals surface area contributed by atoms with Gasteiger partial charge in [0.25, 0.3) is 17.3 Å². The lowest BCUT2D eigenvalue weighted by Gasteiger charge is -2.12. The average molecular weight is 646 g/mol. The van der Waals surface area contributed by atoms with Crippen molar-refractivity contribution in [3.8, 4) is 34.3 Å². The third-order valence-corrected chi connectivity index (χ3v) is 6.13. The maximum absolute atomic E-state index is 13.2. The van der Waals surface area contributed by atoms with Crippen LogP contribution < -0.4 is 20.6 Å². The first-order chi connectivity index (χ1) is 22.6. The molecule has 0 radical (unpaired) electrons. The summed E-state index contributed by atoms with van der Waals surface area (Å²) in [5.41, 5.74) is 6.95. The van der Waals surface area contributed by atoms with Gasteiger partial charge in [-0.2, -0.15) is 9.78 Å². The zero-order valence-electron chi connectivity index (χ0n) is 23.7. The number of benzene rings is 3. The summed E-state index contributed by atoms with van der Waals surface area (Å²) in [5.74, 6) is -1.22. The van der Waals surface area contributed by atoms with E-state index < -0.39 is 32.1 Å². The molecule has 238 valence electrons. The number of hydrazone groups is 1. The Morgan fingerprint density at radius 2 is 1.72 bits per heavy atom. The third kappa shape index (κ3) is 6.62. The molecule has 2 heterocycles. The fourth-order valence-corrected chi connectivity index (χ4v) is 4.09. The van der Waals surface area contributed by atoms with Gasteiger partial charge >= 0.3 is 5.69 Å². The number of ether oxygens (including phenoxy) is 2. The summed E-state index contributed by atoms with van der Waals surface area (Å²) >= 11 is 0. The number of amides is 1. The number of aromatic nitrogens is 5. The summed E-state index contributed by atoms with van der Waals surface area (Å²) in [6.07, 6.45) is 1.25. The predicted octanol–water partition coefficient (Wildman–Crippen LogP) is 3.58. The molecule has 0 saturated heterocycles. The Morgan fingerprint density at radius 1 is 0.979 bits per heavy atom. The molecule has 0 aliphatic carbocycles. The van der Waals surface area contributed by atoms with Gasteiger partial charge in [-0.3, -0.25) is 35.1 Å². The second-order valence-corrected chi connectivity index (χ2v) is 9.09. The Hall–Kier alpha value is -7.32. The molecule has 47 heavy (non-hydrogen) atoms. The minimum atomic E-state index is -0.862. The highest BCUT2D eigenvalue weighted by Gasteiger charge is 2.26. The van der Waals surface area contributed by atoms with Gasteiger partial charge in [0.2, 0.25) is 17.4 Å². The largest absolute Gasteiger partial charge is 0.490 e. The first-order valence-electron chi connectivity index (χ1n) is 13.1. The molecule has 0 unspecified atom stereocenters. The van der Waals surface area contributed by atoms with Gasteiger partial charge in [0.05, 0.1) is 33.7 Å². The highest BCUT2D eigenvalue weighted by Crippen LogP contribution is 2.38. The van der Waals surface area contributed by atoms with Crippen LogP contribution in [0.5, 0.6) is 17.2 Å². The minimum absolute atomic E-state index is 0.0238. The van der Waals surface area contributed by atoms with Gasteiger partial charge in [-0.05, 0) is 47.1 Å². The molecule has 0 bridgehead atoms. The Labute approximate surface area is 260 Å². The number of nitrogens with zero attached hydrogens (tertiary/aromatic N) is 9. The molecule has 0 aliphatic heterocycles. The number of carbonyl (C=O) groups excluding carboxylic acids is 1. The summed E-state index contributed by atoms with van der Waals surface area (Å²) in [6.45, 7) is 1.87. The van der Waals surface area contributed by atoms with E-state index in [2.05, 4.69) is 35.8 Å². The molecule has 5 rings (SSSR count). The molecule has 0 fully saturated rings. The van der Waals surface area contributed by atoms with E-state index >= 15 is 0 Å². The highest BCUT2D eigenvalue weighted by atomic mass is 16.6. The molecule has 0 spiro atoms. The zero-order chi connectivity index (χ0) is 33.7. The fraction of sp³-hybridized carbons (Fsp3) is 0.0769. The minimum Gasteiger partial charge on any atom is -0.490 e. The van der Waals surface area contributed by atoms with Gasteiger partial charge in [-0.25, -0.2) is 10.1 Å². The van der Waals surface area contributed by atoms with Crippen molar-refractivity contribution in [2.24, 2.45) is 5.10 Å². The number of carbonyl (C=O) groups is 1. The molecule has 0 aliphatic rings. The molecule has 21 nitrogen and oxygen atoms in total. The average Bonchev–Trinajstić information content (AvgIpc) is 3.68. The van der Waals surface area contributed by atoms with E-state index in [4.69, 9.17) is 15.2 Å². The topological polar surface area (TPSA) is 285 Å². The standard InChI is InChI=1S/C26H19N11O10/c1-2-45-21-10-14(6-8-20(21)46-19-9-7-17(36(41)42)12-18(19)37(43)44)13-28-30-26(38)22-23(15-4-3-5-16(11-15)35(39)40)34(33-29-22)25-24(27)31-47-32-25/h3-13H,2H2,1H3,(H2,27,31)(H,30,38). The van der Waals surface area contributed by atoms with Crippen molar-refractivity contribution in [1.29, 1.82) is 0 Å². The van der Waals surface area contributed by atoms with E-state index in [9.17, 15) is 35.1 Å². The van der Waals surface area contributed by atoms with Gasteiger partial charge in [-0.15, -0.1) is 5.10 Å². The van der Waals surface area contributed by atoms with Crippen LogP contribution in [0.4, 0.5) is 22.9 Å². The van der Waals surface area contributed by atoms with Gasteiger partial charge in [-0.1, -0.05) is 17.3 Å². The van der Waals surface area contributed by atoms with Crippen LogP contribution in [-0.4, -0.2) is 58.8 Å². The van der Waals surface area contributed by atoms with E-state index in [0.717, 1.165) is 22.9 Å². The smallest absolute Gasteiger partial charge is 0.318 e. The maximum Gasteiger partial charge on any atom is 0.318 e. The van der Waals surface area contributed by atoms with Gasteiger partial charge in [0, 0.05) is 23.8 Å². The number of rotatable bonds is 12. The molecule has 3 N–H and O–H groups in total. The number of nitro groups is 3. The summed E-state index contributed by atoms with van der Waals surface area (Å²) in [7, 11) is 0. The number of nitrogens with two attached hydrogens (primary N) is 1. The van der Waals surface area contributed by atoms with Crippen molar-refractivity contribution < 1.29 is 33.7 Å². The number of nitrogen functional groups attached to an aromatic ring is 1. The molecule has 1 amide bonds. The number of anilines is 1. The van der Waals surface area contributed by atoms with Crippen LogP contribution in [0, 0.1) is 30.3 Å². The summed E-state index contributed by atoms with van der Waals surface area (Å²) in [4.78, 5) is 44.9. The first kappa shape index (κ1) is 31.1. The lowest BCUT2D eigenvalue weighted by molar-refractivity contribution is -0.394. The van der Waals surface area contributed by atoms with Gasteiger partial charge in [0.1, 0.15) is 5.69 Å². The second kappa shape index (κ2) is 13.1. The Balaban J connectivity index is 1.41. The van der Waals surface area contributed by atoms with Crippen molar-refractivity contribution in [2.45, 2.75) is 6.92 Å². The normalized spacial score (nSPS) is 10.9. The molecule has 21 heteroatoms. The van der Waals surface area contributed by atoms with E-state index in [0.29, 0.717) is 5.56 Å². The number of hydrogen-bond acceptors (Lipinski definition) is 16. The van der Waals surface area contributed by atoms with Crippen LogP contribution in [0.25, 0.3) is 17.1 Å². The number of hydrogen-bond donors (Lipinski definition) is 2. The first-order valence-corrected chi connectivity index (χ1v) is 13.1. The monoisotopic (exact) mass is 645 g/mol. The SMILES string of the molecule is CCOc1cc(C=NNC(=O)c2nnn(-c3nonc3N)c2-c2cccc([N+](=O)[O-])c2)ccc1Oc1ccc([N+](=O)[O-])cc1[N+](=O)[O-]. The summed E-state index contributed by atoms with van der Waals surface area (Å²) in [6, 6.07) is 12.7. The number of nitrogens with one attached hydrogen (secondary N) is 1. The van der Waals surface area contributed by atoms with Crippen molar-refractivity contribution in [3.05, 3.63) is 102 Å². The third-order valence-electron chi connectivity index (χ3n) is 6.13. The van der Waals surface area contributed by atoms with Crippen LogP contribution in [0.3, 0.4) is 0 Å². The molecule has 2 aromatic heterocycles. The van der Waals surface area contributed by atoms with E-state index in [1.54, 1.807) is 6.92 Å². The van der Waals surface area contributed by atoms with E-state index in [1.807, 2.05) is 0 Å². The van der Waals surface area contributed by atoms with Gasteiger partial charge in [0.15, 0.2) is 17.2 Å². The fourth-order valence-electron chi connectivity index (χ4n) is 4.09. The Kier molecular flexibility index (Phi) is 8.69. The second-order valence-electron chi connectivity index (χ2n) is 9.09. The number of nitro benzene ring substituents is 3.